The lowest BCUT2D eigenvalue weighted by atomic mass is 10.1. The van der Waals surface area contributed by atoms with Gasteiger partial charge in [0.1, 0.15) is 5.82 Å². The van der Waals surface area contributed by atoms with E-state index in [2.05, 4.69) is 0 Å². The molecule has 116 valence electrons. The van der Waals surface area contributed by atoms with Gasteiger partial charge in [0.25, 0.3) is 0 Å². The first-order valence-electron chi connectivity index (χ1n) is 7.40. The van der Waals surface area contributed by atoms with Crippen molar-refractivity contribution in [1.82, 2.24) is 4.90 Å². The number of carbonyl (C=O) groups is 1. The van der Waals surface area contributed by atoms with Gasteiger partial charge in [0.2, 0.25) is 5.91 Å². The summed E-state index contributed by atoms with van der Waals surface area (Å²) in [6.07, 6.45) is 1.29. The van der Waals surface area contributed by atoms with Crippen molar-refractivity contribution in [2.45, 2.75) is 18.1 Å². The van der Waals surface area contributed by atoms with Crippen molar-refractivity contribution in [3.63, 3.8) is 0 Å². The van der Waals surface area contributed by atoms with E-state index in [1.807, 2.05) is 34.5 Å². The molecule has 1 aliphatic heterocycles. The van der Waals surface area contributed by atoms with Crippen LogP contribution in [-0.2, 0) is 11.2 Å². The third kappa shape index (κ3) is 3.70. The Balaban J connectivity index is 1.62. The molecule has 2 aromatic rings. The average molecular weight is 335 g/mol. The highest BCUT2D eigenvalue weighted by atomic mass is 32.2. The molecule has 0 N–H and O–H groups in total. The summed E-state index contributed by atoms with van der Waals surface area (Å²) in [4.78, 5) is 15.4. The monoisotopic (exact) mass is 335 g/mol. The standard InChI is InChI=1S/C17H18FNOS2/c18-15-6-2-1-5-14(15)16-7-8-19(9-11-22-16)17(20)12-13-4-3-10-21-13/h1-6,10,16H,7-9,11-12H2/t16-/m1/s1. The highest BCUT2D eigenvalue weighted by Gasteiger charge is 2.23. The molecule has 1 atom stereocenters. The van der Waals surface area contributed by atoms with E-state index in [4.69, 9.17) is 0 Å². The molecular formula is C17H18FNOS2. The van der Waals surface area contributed by atoms with Crippen LogP contribution in [0.5, 0.6) is 0 Å². The number of hydrogen-bond acceptors (Lipinski definition) is 3. The molecule has 1 amide bonds. The number of halogens is 1. The highest BCUT2D eigenvalue weighted by molar-refractivity contribution is 7.99. The molecule has 1 saturated heterocycles. The molecule has 2 nitrogen and oxygen atoms in total. The zero-order chi connectivity index (χ0) is 15.4. The van der Waals surface area contributed by atoms with Crippen molar-refractivity contribution in [2.24, 2.45) is 0 Å². The first kappa shape index (κ1) is 15.6. The number of thiophene rings is 1. The van der Waals surface area contributed by atoms with E-state index in [1.165, 1.54) is 6.07 Å². The predicted octanol–water partition coefficient (Wildman–Crippen LogP) is 4.14. The van der Waals surface area contributed by atoms with Gasteiger partial charge in [-0.2, -0.15) is 11.8 Å². The molecule has 1 fully saturated rings. The molecule has 0 bridgehead atoms. The van der Waals surface area contributed by atoms with E-state index < -0.39 is 0 Å². The van der Waals surface area contributed by atoms with Crippen LogP contribution in [0.3, 0.4) is 0 Å². The quantitative estimate of drug-likeness (QED) is 0.840. The Kier molecular flexibility index (Phi) is 5.16. The SMILES string of the molecule is O=C(Cc1cccs1)N1CCS[C@@H](c2ccccc2F)CC1. The van der Waals surface area contributed by atoms with Gasteiger partial charge in [0.05, 0.1) is 6.42 Å². The molecule has 0 spiro atoms. The van der Waals surface area contributed by atoms with Gasteiger partial charge in [-0.25, -0.2) is 4.39 Å². The summed E-state index contributed by atoms with van der Waals surface area (Å²) >= 11 is 3.37. The zero-order valence-electron chi connectivity index (χ0n) is 12.2. The van der Waals surface area contributed by atoms with Crippen LogP contribution in [0.4, 0.5) is 4.39 Å². The summed E-state index contributed by atoms with van der Waals surface area (Å²) in [6, 6.07) is 10.9. The maximum atomic E-state index is 13.9. The molecule has 1 aromatic heterocycles. The molecule has 0 aliphatic carbocycles. The van der Waals surface area contributed by atoms with E-state index in [-0.39, 0.29) is 17.0 Å². The number of nitrogens with zero attached hydrogens (tertiary/aromatic N) is 1. The van der Waals surface area contributed by atoms with Crippen molar-refractivity contribution < 1.29 is 9.18 Å². The summed E-state index contributed by atoms with van der Waals surface area (Å²) in [5.41, 5.74) is 0.764. The molecule has 0 unspecified atom stereocenters. The van der Waals surface area contributed by atoms with Crippen molar-refractivity contribution >= 4 is 29.0 Å². The normalized spacial score (nSPS) is 19.0. The van der Waals surface area contributed by atoms with Crippen LogP contribution >= 0.6 is 23.1 Å². The van der Waals surface area contributed by atoms with E-state index in [9.17, 15) is 9.18 Å². The number of carbonyl (C=O) groups excluding carboxylic acids is 1. The first-order chi connectivity index (χ1) is 10.7. The molecule has 5 heteroatoms. The van der Waals surface area contributed by atoms with E-state index in [1.54, 1.807) is 29.2 Å². The Bertz CT molecular complexity index is 629. The number of rotatable bonds is 3. The van der Waals surface area contributed by atoms with Crippen LogP contribution in [0.15, 0.2) is 41.8 Å². The minimum absolute atomic E-state index is 0.140. The molecule has 3 rings (SSSR count). The fourth-order valence-electron chi connectivity index (χ4n) is 2.68. The Morgan fingerprint density at radius 1 is 1.23 bits per heavy atom. The summed E-state index contributed by atoms with van der Waals surface area (Å²) in [6.45, 7) is 1.45. The Labute approximate surface area is 138 Å². The summed E-state index contributed by atoms with van der Waals surface area (Å²) < 4.78 is 13.9. The van der Waals surface area contributed by atoms with Gasteiger partial charge >= 0.3 is 0 Å². The first-order valence-corrected chi connectivity index (χ1v) is 9.33. The molecule has 1 aliphatic rings. The molecule has 0 saturated carbocycles. The smallest absolute Gasteiger partial charge is 0.227 e. The van der Waals surface area contributed by atoms with Gasteiger partial charge in [0.15, 0.2) is 0 Å². The second kappa shape index (κ2) is 7.29. The van der Waals surface area contributed by atoms with E-state index in [0.29, 0.717) is 13.0 Å². The maximum absolute atomic E-state index is 13.9. The average Bonchev–Trinajstić information content (AvgIpc) is 2.90. The number of hydrogen-bond donors (Lipinski definition) is 0. The second-order valence-corrected chi connectivity index (χ2v) is 7.65. The number of thioether (sulfide) groups is 1. The maximum Gasteiger partial charge on any atom is 0.227 e. The Morgan fingerprint density at radius 2 is 2.09 bits per heavy atom. The lowest BCUT2D eigenvalue weighted by molar-refractivity contribution is -0.130. The number of benzene rings is 1. The lowest BCUT2D eigenvalue weighted by Crippen LogP contribution is -2.34. The molecule has 0 radical (unpaired) electrons. The molecule has 22 heavy (non-hydrogen) atoms. The third-order valence-corrected chi connectivity index (χ3v) is 6.04. The fraction of sp³-hybridized carbons (Fsp3) is 0.353. The van der Waals surface area contributed by atoms with Gasteiger partial charge in [-0.15, -0.1) is 11.3 Å². The molecule has 1 aromatic carbocycles. The zero-order valence-corrected chi connectivity index (χ0v) is 13.8. The second-order valence-electron chi connectivity index (χ2n) is 5.31. The Hall–Kier alpha value is -1.33. The van der Waals surface area contributed by atoms with Crippen LogP contribution in [-0.4, -0.2) is 29.6 Å². The van der Waals surface area contributed by atoms with Gasteiger partial charge in [-0.05, 0) is 23.9 Å². The van der Waals surface area contributed by atoms with Gasteiger partial charge in [0, 0.05) is 34.5 Å². The summed E-state index contributed by atoms with van der Waals surface area (Å²) in [5.74, 6) is 0.894. The van der Waals surface area contributed by atoms with Crippen molar-refractivity contribution in [1.29, 1.82) is 0 Å². The summed E-state index contributed by atoms with van der Waals surface area (Å²) in [5, 5.41) is 2.13. The third-order valence-electron chi connectivity index (χ3n) is 3.85. The van der Waals surface area contributed by atoms with Gasteiger partial charge in [-0.1, -0.05) is 24.3 Å². The summed E-state index contributed by atoms with van der Waals surface area (Å²) in [7, 11) is 0. The lowest BCUT2D eigenvalue weighted by Gasteiger charge is -2.20. The fourth-order valence-corrected chi connectivity index (χ4v) is 4.63. The van der Waals surface area contributed by atoms with Crippen LogP contribution in [0.25, 0.3) is 0 Å². The van der Waals surface area contributed by atoms with E-state index in [0.717, 1.165) is 29.2 Å². The van der Waals surface area contributed by atoms with Gasteiger partial charge in [-0.3, -0.25) is 4.79 Å². The van der Waals surface area contributed by atoms with E-state index >= 15 is 0 Å². The predicted molar refractivity (Wildman–Crippen MR) is 90.8 cm³/mol. The van der Waals surface area contributed by atoms with Crippen LogP contribution in [0.2, 0.25) is 0 Å². The Morgan fingerprint density at radius 3 is 2.86 bits per heavy atom. The number of amides is 1. The minimum Gasteiger partial charge on any atom is -0.342 e. The highest BCUT2D eigenvalue weighted by Crippen LogP contribution is 2.35. The minimum atomic E-state index is -0.140. The topological polar surface area (TPSA) is 20.3 Å². The largest absolute Gasteiger partial charge is 0.342 e. The van der Waals surface area contributed by atoms with Crippen LogP contribution in [0, 0.1) is 5.82 Å². The van der Waals surface area contributed by atoms with Crippen molar-refractivity contribution in [3.8, 4) is 0 Å². The van der Waals surface area contributed by atoms with Gasteiger partial charge < -0.3 is 4.90 Å². The molecule has 2 heterocycles. The van der Waals surface area contributed by atoms with Crippen LogP contribution in [0.1, 0.15) is 22.1 Å². The van der Waals surface area contributed by atoms with Crippen LogP contribution < -0.4 is 0 Å². The van der Waals surface area contributed by atoms with Crippen molar-refractivity contribution in [2.75, 3.05) is 18.8 Å². The molecular weight excluding hydrogens is 317 g/mol. The van der Waals surface area contributed by atoms with Crippen molar-refractivity contribution in [3.05, 3.63) is 58.0 Å².